The van der Waals surface area contributed by atoms with Crippen LogP contribution in [-0.4, -0.2) is 4.98 Å². The molecule has 0 bridgehead atoms. The first-order chi connectivity index (χ1) is 8.58. The molecule has 1 aromatic heterocycles. The van der Waals surface area contributed by atoms with Crippen molar-refractivity contribution in [2.75, 3.05) is 5.32 Å². The molecule has 18 heavy (non-hydrogen) atoms. The molecule has 0 radical (unpaired) electrons. The van der Waals surface area contributed by atoms with E-state index in [9.17, 15) is 13.2 Å². The number of rotatable bonds is 3. The van der Waals surface area contributed by atoms with Crippen molar-refractivity contribution in [2.24, 2.45) is 0 Å². The highest BCUT2D eigenvalue weighted by molar-refractivity contribution is 6.31. The molecule has 1 aromatic carbocycles. The minimum atomic E-state index is -1.48. The van der Waals surface area contributed by atoms with Crippen LogP contribution in [0.2, 0.25) is 5.02 Å². The van der Waals surface area contributed by atoms with Gasteiger partial charge < -0.3 is 5.32 Å². The third-order valence-electron chi connectivity index (χ3n) is 2.32. The fraction of sp³-hybridized carbons (Fsp3) is 0.0833. The molecule has 0 unspecified atom stereocenters. The van der Waals surface area contributed by atoms with Crippen molar-refractivity contribution in [3.05, 3.63) is 58.6 Å². The van der Waals surface area contributed by atoms with Gasteiger partial charge in [-0.1, -0.05) is 11.6 Å². The first-order valence-corrected chi connectivity index (χ1v) is 5.42. The number of anilines is 1. The lowest BCUT2D eigenvalue weighted by atomic mass is 10.2. The maximum atomic E-state index is 13.0. The number of nitrogens with zero attached hydrogens (tertiary/aromatic N) is 1. The Hall–Kier alpha value is -1.75. The van der Waals surface area contributed by atoms with Gasteiger partial charge in [-0.2, -0.15) is 0 Å². The van der Waals surface area contributed by atoms with Gasteiger partial charge in [0.1, 0.15) is 0 Å². The monoisotopic (exact) mass is 272 g/mol. The van der Waals surface area contributed by atoms with E-state index in [4.69, 9.17) is 11.6 Å². The second kappa shape index (κ2) is 5.27. The van der Waals surface area contributed by atoms with Crippen LogP contribution < -0.4 is 5.32 Å². The number of hydrogen-bond acceptors (Lipinski definition) is 2. The summed E-state index contributed by atoms with van der Waals surface area (Å²) in [5.41, 5.74) is 0.857. The van der Waals surface area contributed by atoms with Gasteiger partial charge in [0.05, 0.1) is 5.02 Å². The maximum Gasteiger partial charge on any atom is 0.194 e. The van der Waals surface area contributed by atoms with Crippen molar-refractivity contribution in [1.82, 2.24) is 4.98 Å². The molecule has 2 nitrogen and oxygen atoms in total. The van der Waals surface area contributed by atoms with Crippen molar-refractivity contribution in [3.8, 4) is 0 Å². The molecule has 6 heteroatoms. The molecule has 0 saturated heterocycles. The van der Waals surface area contributed by atoms with Crippen molar-refractivity contribution in [2.45, 2.75) is 6.54 Å². The molecule has 0 amide bonds. The zero-order valence-electron chi connectivity index (χ0n) is 9.05. The first kappa shape index (κ1) is 12.7. The van der Waals surface area contributed by atoms with Gasteiger partial charge in [-0.05, 0) is 11.6 Å². The standard InChI is InChI=1S/C12H8ClF3N2/c13-9-6-17-2-1-7(9)5-18-8-3-10(14)12(16)11(15)4-8/h1-4,6,18H,5H2. The van der Waals surface area contributed by atoms with E-state index in [-0.39, 0.29) is 12.2 Å². The van der Waals surface area contributed by atoms with E-state index >= 15 is 0 Å². The van der Waals surface area contributed by atoms with Gasteiger partial charge in [-0.15, -0.1) is 0 Å². The number of benzene rings is 1. The van der Waals surface area contributed by atoms with Gasteiger partial charge in [-0.3, -0.25) is 4.98 Å². The van der Waals surface area contributed by atoms with Crippen LogP contribution in [0.25, 0.3) is 0 Å². The van der Waals surface area contributed by atoms with Crippen LogP contribution in [0.5, 0.6) is 0 Å². The summed E-state index contributed by atoms with van der Waals surface area (Å²) in [7, 11) is 0. The van der Waals surface area contributed by atoms with E-state index < -0.39 is 17.5 Å². The lowest BCUT2D eigenvalue weighted by molar-refractivity contribution is 0.447. The fourth-order valence-corrected chi connectivity index (χ4v) is 1.59. The number of aromatic nitrogens is 1. The summed E-state index contributed by atoms with van der Waals surface area (Å²) in [5, 5.41) is 3.19. The third-order valence-corrected chi connectivity index (χ3v) is 2.66. The molecule has 2 aromatic rings. The van der Waals surface area contributed by atoms with Gasteiger partial charge in [-0.25, -0.2) is 13.2 Å². The van der Waals surface area contributed by atoms with E-state index in [0.717, 1.165) is 17.7 Å². The van der Waals surface area contributed by atoms with Crippen LogP contribution in [0.3, 0.4) is 0 Å². The quantitative estimate of drug-likeness (QED) is 0.861. The molecule has 0 spiro atoms. The topological polar surface area (TPSA) is 24.9 Å². The molecule has 0 aliphatic heterocycles. The molecule has 94 valence electrons. The summed E-state index contributed by atoms with van der Waals surface area (Å²) < 4.78 is 38.6. The largest absolute Gasteiger partial charge is 0.381 e. The zero-order valence-corrected chi connectivity index (χ0v) is 9.81. The van der Waals surface area contributed by atoms with Crippen LogP contribution in [0.15, 0.2) is 30.6 Å². The minimum Gasteiger partial charge on any atom is -0.381 e. The Morgan fingerprint density at radius 2 is 1.83 bits per heavy atom. The SMILES string of the molecule is Fc1cc(NCc2ccncc2Cl)cc(F)c1F. The number of pyridine rings is 1. The van der Waals surface area contributed by atoms with Crippen molar-refractivity contribution < 1.29 is 13.2 Å². The molecule has 0 aliphatic carbocycles. The summed E-state index contributed by atoms with van der Waals surface area (Å²) in [6.07, 6.45) is 3.01. The molecule has 2 rings (SSSR count). The van der Waals surface area contributed by atoms with E-state index in [1.54, 1.807) is 12.3 Å². The molecule has 0 atom stereocenters. The molecular weight excluding hydrogens is 265 g/mol. The van der Waals surface area contributed by atoms with Gasteiger partial charge in [0.2, 0.25) is 0 Å². The first-order valence-electron chi connectivity index (χ1n) is 5.04. The second-order valence-electron chi connectivity index (χ2n) is 3.57. The highest BCUT2D eigenvalue weighted by Gasteiger charge is 2.10. The van der Waals surface area contributed by atoms with E-state index in [1.807, 2.05) is 0 Å². The van der Waals surface area contributed by atoms with Crippen LogP contribution in [0.1, 0.15) is 5.56 Å². The lowest BCUT2D eigenvalue weighted by Gasteiger charge is -2.08. The van der Waals surface area contributed by atoms with Gasteiger partial charge >= 0.3 is 0 Å². The van der Waals surface area contributed by atoms with Crippen LogP contribution in [0, 0.1) is 17.5 Å². The summed E-state index contributed by atoms with van der Waals surface area (Å²) in [4.78, 5) is 3.81. The van der Waals surface area contributed by atoms with Crippen molar-refractivity contribution in [3.63, 3.8) is 0 Å². The van der Waals surface area contributed by atoms with Crippen LogP contribution in [-0.2, 0) is 6.54 Å². The van der Waals surface area contributed by atoms with Crippen molar-refractivity contribution >= 4 is 17.3 Å². The summed E-state index contributed by atoms with van der Waals surface area (Å²) in [5.74, 6) is -3.96. The van der Waals surface area contributed by atoms with E-state index in [1.165, 1.54) is 6.20 Å². The Morgan fingerprint density at radius 3 is 2.44 bits per heavy atom. The molecule has 0 saturated carbocycles. The molecule has 0 aliphatic rings. The Labute approximate surface area is 106 Å². The van der Waals surface area contributed by atoms with E-state index in [0.29, 0.717) is 5.02 Å². The summed E-state index contributed by atoms with van der Waals surface area (Å²) >= 11 is 5.87. The Balaban J connectivity index is 2.14. The van der Waals surface area contributed by atoms with Crippen LogP contribution >= 0.6 is 11.6 Å². The molecular formula is C12H8ClF3N2. The van der Waals surface area contributed by atoms with Crippen LogP contribution in [0.4, 0.5) is 18.9 Å². The number of nitrogens with one attached hydrogen (secondary N) is 1. The Kier molecular flexibility index (Phi) is 3.72. The number of hydrogen-bond donors (Lipinski definition) is 1. The fourth-order valence-electron chi connectivity index (χ4n) is 1.40. The average Bonchev–Trinajstić information content (AvgIpc) is 2.35. The van der Waals surface area contributed by atoms with Gasteiger partial charge in [0, 0.05) is 36.8 Å². The lowest BCUT2D eigenvalue weighted by Crippen LogP contribution is -2.02. The maximum absolute atomic E-state index is 13.0. The summed E-state index contributed by atoms with van der Waals surface area (Å²) in [6.45, 7) is 0.256. The average molecular weight is 273 g/mol. The van der Waals surface area contributed by atoms with Gasteiger partial charge in [0.25, 0.3) is 0 Å². The normalized spacial score (nSPS) is 10.4. The van der Waals surface area contributed by atoms with Crippen molar-refractivity contribution in [1.29, 1.82) is 0 Å². The zero-order chi connectivity index (χ0) is 13.1. The second-order valence-corrected chi connectivity index (χ2v) is 3.98. The smallest absolute Gasteiger partial charge is 0.194 e. The van der Waals surface area contributed by atoms with Gasteiger partial charge in [0.15, 0.2) is 17.5 Å². The molecule has 1 N–H and O–H groups in total. The third kappa shape index (κ3) is 2.73. The molecule has 1 heterocycles. The number of halogens is 4. The Bertz CT molecular complexity index is 552. The minimum absolute atomic E-state index is 0.138. The van der Waals surface area contributed by atoms with E-state index in [2.05, 4.69) is 10.3 Å². The highest BCUT2D eigenvalue weighted by Crippen LogP contribution is 2.19. The predicted octanol–water partition coefficient (Wildman–Crippen LogP) is 3.76. The Morgan fingerprint density at radius 1 is 1.17 bits per heavy atom. The molecule has 0 fully saturated rings. The predicted molar refractivity (Wildman–Crippen MR) is 62.9 cm³/mol. The highest BCUT2D eigenvalue weighted by atomic mass is 35.5. The summed E-state index contributed by atoms with van der Waals surface area (Å²) in [6, 6.07) is 3.44.